The van der Waals surface area contributed by atoms with E-state index < -0.39 is 41.5 Å². The number of rotatable bonds is 7. The molecule has 0 aliphatic rings. The molecule has 0 radical (unpaired) electrons. The van der Waals surface area contributed by atoms with Gasteiger partial charge in [-0.15, -0.1) is 0 Å². The number of esters is 1. The molecule has 30 heavy (non-hydrogen) atoms. The lowest BCUT2D eigenvalue weighted by molar-refractivity contribution is -0.157. The zero-order valence-electron chi connectivity index (χ0n) is 18.5. The van der Waals surface area contributed by atoms with E-state index in [0.717, 1.165) is 0 Å². The Kier molecular flexibility index (Phi) is 8.82. The first-order chi connectivity index (χ1) is 13.9. The summed E-state index contributed by atoms with van der Waals surface area (Å²) in [6.45, 7) is 10.1. The number of nitrogens with one attached hydrogen (secondary N) is 3. The summed E-state index contributed by atoms with van der Waals surface area (Å²) in [4.78, 5) is 49.2. The molecule has 0 spiro atoms. The monoisotopic (exact) mass is 421 g/mol. The van der Waals surface area contributed by atoms with Gasteiger partial charge in [-0.1, -0.05) is 26.0 Å². The van der Waals surface area contributed by atoms with Crippen LogP contribution in [-0.4, -0.2) is 48.6 Å². The van der Waals surface area contributed by atoms with Crippen molar-refractivity contribution in [3.05, 3.63) is 29.8 Å². The Morgan fingerprint density at radius 1 is 1.00 bits per heavy atom. The third-order valence-electron chi connectivity index (χ3n) is 3.95. The molecule has 166 valence electrons. The molecular weight excluding hydrogens is 390 g/mol. The van der Waals surface area contributed by atoms with Crippen molar-refractivity contribution in [1.82, 2.24) is 16.0 Å². The van der Waals surface area contributed by atoms with Gasteiger partial charge in [0.25, 0.3) is 11.8 Å². The summed E-state index contributed by atoms with van der Waals surface area (Å²) in [7, 11) is 1.44. The zero-order chi connectivity index (χ0) is 23.1. The van der Waals surface area contributed by atoms with Crippen LogP contribution in [-0.2, 0) is 14.3 Å². The quantitative estimate of drug-likeness (QED) is 0.579. The second-order valence-corrected chi connectivity index (χ2v) is 8.17. The molecule has 4 amide bonds. The van der Waals surface area contributed by atoms with Gasteiger partial charge < -0.3 is 20.1 Å². The average Bonchev–Trinajstić information content (AvgIpc) is 2.63. The van der Waals surface area contributed by atoms with Gasteiger partial charge in [0.2, 0.25) is 0 Å². The molecule has 0 aromatic heterocycles. The highest BCUT2D eigenvalue weighted by Crippen LogP contribution is 2.18. The van der Waals surface area contributed by atoms with Gasteiger partial charge in [-0.3, -0.25) is 14.9 Å². The Bertz CT molecular complexity index is 785. The van der Waals surface area contributed by atoms with Crippen LogP contribution >= 0.6 is 0 Å². The molecule has 0 fully saturated rings. The first-order valence-electron chi connectivity index (χ1n) is 9.63. The van der Waals surface area contributed by atoms with E-state index in [1.54, 1.807) is 58.9 Å². The fraction of sp³-hybridized carbons (Fsp3) is 0.524. The van der Waals surface area contributed by atoms with Gasteiger partial charge >= 0.3 is 12.0 Å². The van der Waals surface area contributed by atoms with E-state index in [1.807, 2.05) is 0 Å². The molecule has 9 nitrogen and oxygen atoms in total. The molecule has 1 aromatic carbocycles. The van der Waals surface area contributed by atoms with Crippen LogP contribution in [0.1, 0.15) is 51.9 Å². The molecule has 0 unspecified atom stereocenters. The van der Waals surface area contributed by atoms with Crippen molar-refractivity contribution in [2.45, 2.75) is 59.2 Å². The number of benzene rings is 1. The van der Waals surface area contributed by atoms with Crippen LogP contribution in [0.2, 0.25) is 0 Å². The SMILES string of the molecule is COc1ccccc1C(=O)N[C@H](C(=O)O[C@H](C)C(=O)NC(=O)NC(C)(C)C)C(C)C. The van der Waals surface area contributed by atoms with Crippen LogP contribution in [0.3, 0.4) is 0 Å². The highest BCUT2D eigenvalue weighted by Gasteiger charge is 2.30. The summed E-state index contributed by atoms with van der Waals surface area (Å²) < 4.78 is 10.4. The van der Waals surface area contributed by atoms with E-state index >= 15 is 0 Å². The molecule has 1 rings (SSSR count). The summed E-state index contributed by atoms with van der Waals surface area (Å²) >= 11 is 0. The maximum atomic E-state index is 12.6. The number of amides is 4. The zero-order valence-corrected chi connectivity index (χ0v) is 18.5. The summed E-state index contributed by atoms with van der Waals surface area (Å²) in [5, 5.41) is 7.31. The summed E-state index contributed by atoms with van der Waals surface area (Å²) in [6, 6.07) is 4.91. The van der Waals surface area contributed by atoms with Crippen LogP contribution in [0.4, 0.5) is 4.79 Å². The van der Waals surface area contributed by atoms with Crippen molar-refractivity contribution in [3.8, 4) is 5.75 Å². The standard InChI is InChI=1S/C21H31N3O6/c1-12(2)16(22-18(26)14-10-8-9-11-15(14)29-7)19(27)30-13(3)17(25)23-20(28)24-21(4,5)6/h8-13,16H,1-7H3,(H,22,26)(H2,23,24,25,28)/t13-,16+/m1/s1. The number of hydrogen-bond acceptors (Lipinski definition) is 6. The number of carbonyl (C=O) groups excluding carboxylic acids is 4. The van der Waals surface area contributed by atoms with Gasteiger partial charge in [0.1, 0.15) is 11.8 Å². The second-order valence-electron chi connectivity index (χ2n) is 8.17. The number of methoxy groups -OCH3 is 1. The van der Waals surface area contributed by atoms with Gasteiger partial charge in [0.15, 0.2) is 6.10 Å². The van der Waals surface area contributed by atoms with E-state index in [0.29, 0.717) is 5.75 Å². The summed E-state index contributed by atoms with van der Waals surface area (Å²) in [6.07, 6.45) is -1.23. The summed E-state index contributed by atoms with van der Waals surface area (Å²) in [5.41, 5.74) is -0.265. The Balaban J connectivity index is 2.78. The van der Waals surface area contributed by atoms with Crippen LogP contribution in [0, 0.1) is 5.92 Å². The topological polar surface area (TPSA) is 123 Å². The van der Waals surface area contributed by atoms with Crippen molar-refractivity contribution in [2.24, 2.45) is 5.92 Å². The first kappa shape index (κ1) is 24.9. The molecule has 0 aliphatic carbocycles. The van der Waals surface area contributed by atoms with Crippen LogP contribution in [0.25, 0.3) is 0 Å². The minimum Gasteiger partial charge on any atom is -0.496 e. The van der Waals surface area contributed by atoms with Gasteiger partial charge in [-0.2, -0.15) is 0 Å². The Morgan fingerprint density at radius 2 is 1.60 bits per heavy atom. The lowest BCUT2D eigenvalue weighted by Gasteiger charge is -2.24. The Hall–Kier alpha value is -3.10. The average molecular weight is 421 g/mol. The van der Waals surface area contributed by atoms with Crippen LogP contribution < -0.4 is 20.7 Å². The number of ether oxygens (including phenoxy) is 2. The number of hydrogen-bond donors (Lipinski definition) is 3. The van der Waals surface area contributed by atoms with Gasteiger partial charge in [0.05, 0.1) is 12.7 Å². The number of para-hydroxylation sites is 1. The van der Waals surface area contributed by atoms with Crippen molar-refractivity contribution < 1.29 is 28.7 Å². The molecule has 1 aromatic rings. The van der Waals surface area contributed by atoms with Crippen molar-refractivity contribution >= 4 is 23.8 Å². The largest absolute Gasteiger partial charge is 0.496 e. The van der Waals surface area contributed by atoms with Gasteiger partial charge in [0, 0.05) is 5.54 Å². The van der Waals surface area contributed by atoms with E-state index in [-0.39, 0.29) is 11.5 Å². The minimum absolute atomic E-state index is 0.267. The molecular formula is C21H31N3O6. The predicted molar refractivity (Wildman–Crippen MR) is 111 cm³/mol. The molecule has 0 bridgehead atoms. The van der Waals surface area contributed by atoms with E-state index in [2.05, 4.69) is 16.0 Å². The number of carbonyl (C=O) groups is 4. The van der Waals surface area contributed by atoms with Gasteiger partial charge in [-0.25, -0.2) is 9.59 Å². The summed E-state index contributed by atoms with van der Waals surface area (Å²) in [5.74, 6) is -2.01. The maximum Gasteiger partial charge on any atom is 0.329 e. The second kappa shape index (κ2) is 10.6. The molecule has 9 heteroatoms. The normalized spacial score (nSPS) is 13.1. The predicted octanol–water partition coefficient (Wildman–Crippen LogP) is 2.01. The van der Waals surface area contributed by atoms with Crippen LogP contribution in [0.15, 0.2) is 24.3 Å². The van der Waals surface area contributed by atoms with E-state index in [1.165, 1.54) is 14.0 Å². The van der Waals surface area contributed by atoms with Crippen LogP contribution in [0.5, 0.6) is 5.75 Å². The van der Waals surface area contributed by atoms with Crippen molar-refractivity contribution in [3.63, 3.8) is 0 Å². The third-order valence-corrected chi connectivity index (χ3v) is 3.95. The first-order valence-corrected chi connectivity index (χ1v) is 9.63. The fourth-order valence-electron chi connectivity index (χ4n) is 2.44. The highest BCUT2D eigenvalue weighted by atomic mass is 16.5. The number of imide groups is 1. The number of urea groups is 1. The van der Waals surface area contributed by atoms with E-state index in [4.69, 9.17) is 9.47 Å². The van der Waals surface area contributed by atoms with Crippen molar-refractivity contribution in [2.75, 3.05) is 7.11 Å². The highest BCUT2D eigenvalue weighted by molar-refractivity contribution is 6.00. The lowest BCUT2D eigenvalue weighted by atomic mass is 10.0. The molecule has 0 saturated heterocycles. The Morgan fingerprint density at radius 3 is 2.13 bits per heavy atom. The molecule has 0 saturated carbocycles. The fourth-order valence-corrected chi connectivity index (χ4v) is 2.44. The van der Waals surface area contributed by atoms with Crippen molar-refractivity contribution in [1.29, 1.82) is 0 Å². The third kappa shape index (κ3) is 7.73. The molecule has 3 N–H and O–H groups in total. The lowest BCUT2D eigenvalue weighted by Crippen LogP contribution is -2.52. The maximum absolute atomic E-state index is 12.6. The minimum atomic E-state index is -1.23. The van der Waals surface area contributed by atoms with E-state index in [9.17, 15) is 19.2 Å². The molecule has 0 heterocycles. The molecule has 0 aliphatic heterocycles. The smallest absolute Gasteiger partial charge is 0.329 e. The van der Waals surface area contributed by atoms with Gasteiger partial charge in [-0.05, 0) is 45.7 Å². The molecule has 2 atom stereocenters. The Labute approximate surface area is 176 Å².